The number of nitrogens with one attached hydrogen (secondary N) is 1. The van der Waals surface area contributed by atoms with Crippen LogP contribution in [0.25, 0.3) is 0 Å². The lowest BCUT2D eigenvalue weighted by Crippen LogP contribution is -2.26. The molecule has 2 unspecified atom stereocenters. The van der Waals surface area contributed by atoms with Crippen LogP contribution in [0.1, 0.15) is 11.5 Å². The van der Waals surface area contributed by atoms with E-state index >= 15 is 0 Å². The number of fused-ring (bicyclic) bond motifs is 3. The van der Waals surface area contributed by atoms with Gasteiger partial charge in [0, 0.05) is 17.8 Å². The van der Waals surface area contributed by atoms with Gasteiger partial charge < -0.3 is 11.1 Å². The Kier molecular flexibility index (Phi) is 1.83. The molecule has 0 spiro atoms. The lowest BCUT2D eigenvalue weighted by molar-refractivity contribution is -0.114. The van der Waals surface area contributed by atoms with E-state index in [1.54, 1.807) is 6.21 Å². The summed E-state index contributed by atoms with van der Waals surface area (Å²) >= 11 is 0. The number of carbonyl (C=O) groups excluding carboxylic acids is 1. The van der Waals surface area contributed by atoms with Gasteiger partial charge in [-0.1, -0.05) is 18.2 Å². The zero-order valence-corrected chi connectivity index (χ0v) is 8.55. The minimum absolute atomic E-state index is 0.139. The van der Waals surface area contributed by atoms with E-state index in [0.717, 1.165) is 5.69 Å². The molecule has 2 aliphatic heterocycles. The maximum Gasteiger partial charge on any atom is 0.266 e. The number of anilines is 1. The molecule has 0 aliphatic carbocycles. The van der Waals surface area contributed by atoms with Gasteiger partial charge >= 0.3 is 0 Å². The smallest absolute Gasteiger partial charge is 0.266 e. The molecule has 16 heavy (non-hydrogen) atoms. The van der Waals surface area contributed by atoms with Gasteiger partial charge in [0.1, 0.15) is 5.70 Å². The first-order chi connectivity index (χ1) is 7.75. The number of primary amides is 1. The maximum absolute atomic E-state index is 11.1. The van der Waals surface area contributed by atoms with Gasteiger partial charge in [0.15, 0.2) is 0 Å². The monoisotopic (exact) mass is 213 g/mol. The van der Waals surface area contributed by atoms with Gasteiger partial charge in [0.2, 0.25) is 0 Å². The second kappa shape index (κ2) is 3.20. The Morgan fingerprint density at radius 3 is 3.00 bits per heavy atom. The molecule has 0 saturated heterocycles. The zero-order chi connectivity index (χ0) is 11.1. The van der Waals surface area contributed by atoms with Gasteiger partial charge in [-0.25, -0.2) is 0 Å². The maximum atomic E-state index is 11.1. The molecule has 4 nitrogen and oxygen atoms in total. The molecular weight excluding hydrogens is 202 g/mol. The molecule has 3 N–H and O–H groups in total. The van der Waals surface area contributed by atoms with E-state index < -0.39 is 5.91 Å². The fourth-order valence-corrected chi connectivity index (χ4v) is 2.22. The Hall–Kier alpha value is -2.10. The molecule has 2 atom stereocenters. The van der Waals surface area contributed by atoms with Crippen LogP contribution in [0.4, 0.5) is 5.69 Å². The van der Waals surface area contributed by atoms with Crippen LogP contribution >= 0.6 is 0 Å². The van der Waals surface area contributed by atoms with Crippen LogP contribution in [0, 0.1) is 0 Å². The van der Waals surface area contributed by atoms with Gasteiger partial charge in [0.25, 0.3) is 5.91 Å². The molecule has 1 amide bonds. The quantitative estimate of drug-likeness (QED) is 0.731. The van der Waals surface area contributed by atoms with Gasteiger partial charge in [0.05, 0.1) is 6.04 Å². The van der Waals surface area contributed by atoms with E-state index in [4.69, 9.17) is 5.73 Å². The van der Waals surface area contributed by atoms with Crippen molar-refractivity contribution in [2.24, 2.45) is 10.7 Å². The summed E-state index contributed by atoms with van der Waals surface area (Å²) in [5.41, 5.74) is 7.87. The third-order valence-corrected chi connectivity index (χ3v) is 2.99. The highest BCUT2D eigenvalue weighted by Crippen LogP contribution is 2.38. The third kappa shape index (κ3) is 1.23. The molecule has 1 aromatic carbocycles. The first kappa shape index (κ1) is 9.15. The van der Waals surface area contributed by atoms with Crippen LogP contribution in [0.3, 0.4) is 0 Å². The minimum atomic E-state index is -0.473. The predicted octanol–water partition coefficient (Wildman–Crippen LogP) is 1.02. The molecule has 0 fully saturated rings. The number of nitrogens with zero attached hydrogens (tertiary/aromatic N) is 1. The van der Waals surface area contributed by atoms with Gasteiger partial charge in [-0.05, 0) is 17.7 Å². The van der Waals surface area contributed by atoms with Crippen molar-refractivity contribution < 1.29 is 4.79 Å². The highest BCUT2D eigenvalue weighted by atomic mass is 16.1. The van der Waals surface area contributed by atoms with E-state index in [-0.39, 0.29) is 12.0 Å². The number of benzene rings is 1. The zero-order valence-electron chi connectivity index (χ0n) is 8.55. The number of carbonyl (C=O) groups is 1. The van der Waals surface area contributed by atoms with E-state index in [2.05, 4.69) is 16.4 Å². The third-order valence-electron chi connectivity index (χ3n) is 2.99. The van der Waals surface area contributed by atoms with Crippen molar-refractivity contribution in [2.45, 2.75) is 12.0 Å². The van der Waals surface area contributed by atoms with Crippen molar-refractivity contribution in [1.82, 2.24) is 0 Å². The fourth-order valence-electron chi connectivity index (χ4n) is 2.22. The largest absolute Gasteiger partial charge is 0.376 e. The number of hydrogen-bond acceptors (Lipinski definition) is 3. The standard InChI is InChI=1S/C12H11N3O/c13-12(16)10-5-8-7-3-1-2-4-9(7)15-11(8)6-14-10/h1-6,8,11,15H,(H2,13,16). The Morgan fingerprint density at radius 2 is 2.19 bits per heavy atom. The lowest BCUT2D eigenvalue weighted by Gasteiger charge is -2.17. The van der Waals surface area contributed by atoms with E-state index in [1.807, 2.05) is 24.3 Å². The van der Waals surface area contributed by atoms with Gasteiger partial charge in [-0.2, -0.15) is 0 Å². The summed E-state index contributed by atoms with van der Waals surface area (Å²) in [6, 6.07) is 8.20. The summed E-state index contributed by atoms with van der Waals surface area (Å²) in [5, 5.41) is 3.35. The van der Waals surface area contributed by atoms with Crippen molar-refractivity contribution >= 4 is 17.8 Å². The van der Waals surface area contributed by atoms with Crippen LogP contribution in [0.15, 0.2) is 41.0 Å². The highest BCUT2D eigenvalue weighted by molar-refractivity contribution is 5.96. The molecule has 0 aromatic heterocycles. The molecule has 2 aliphatic rings. The van der Waals surface area contributed by atoms with Crippen LogP contribution in [-0.4, -0.2) is 18.2 Å². The number of para-hydroxylation sites is 1. The van der Waals surface area contributed by atoms with Crippen LogP contribution in [0.5, 0.6) is 0 Å². The van der Waals surface area contributed by atoms with Crippen LogP contribution in [0.2, 0.25) is 0 Å². The van der Waals surface area contributed by atoms with E-state index in [1.165, 1.54) is 5.56 Å². The molecular formula is C12H11N3O. The molecule has 80 valence electrons. The van der Waals surface area contributed by atoms with Crippen molar-refractivity contribution in [1.29, 1.82) is 0 Å². The number of hydrogen-bond donors (Lipinski definition) is 2. The molecule has 0 radical (unpaired) electrons. The second-order valence-electron chi connectivity index (χ2n) is 3.98. The van der Waals surface area contributed by atoms with Crippen LogP contribution < -0.4 is 11.1 Å². The average Bonchev–Trinajstić information content (AvgIpc) is 2.66. The van der Waals surface area contributed by atoms with Crippen molar-refractivity contribution in [3.8, 4) is 0 Å². The second-order valence-corrected chi connectivity index (χ2v) is 3.98. The van der Waals surface area contributed by atoms with E-state index in [9.17, 15) is 4.79 Å². The summed E-state index contributed by atoms with van der Waals surface area (Å²) in [6.45, 7) is 0. The first-order valence-electron chi connectivity index (χ1n) is 5.17. The lowest BCUT2D eigenvalue weighted by atomic mass is 9.93. The van der Waals surface area contributed by atoms with Crippen LogP contribution in [-0.2, 0) is 4.79 Å². The molecule has 4 heteroatoms. The predicted molar refractivity (Wildman–Crippen MR) is 62.4 cm³/mol. The van der Waals surface area contributed by atoms with Gasteiger partial charge in [-0.15, -0.1) is 0 Å². The van der Waals surface area contributed by atoms with E-state index in [0.29, 0.717) is 5.70 Å². The summed E-state index contributed by atoms with van der Waals surface area (Å²) in [4.78, 5) is 15.1. The number of amides is 1. The average molecular weight is 213 g/mol. The molecule has 1 aromatic rings. The Balaban J connectivity index is 2.05. The first-order valence-corrected chi connectivity index (χ1v) is 5.17. The summed E-state index contributed by atoms with van der Waals surface area (Å²) in [6.07, 6.45) is 3.59. The minimum Gasteiger partial charge on any atom is -0.376 e. The number of aliphatic imine (C=N–C) groups is 1. The molecule has 3 rings (SSSR count). The van der Waals surface area contributed by atoms with Crippen molar-refractivity contribution in [2.75, 3.05) is 5.32 Å². The molecule has 0 saturated carbocycles. The van der Waals surface area contributed by atoms with Gasteiger partial charge in [-0.3, -0.25) is 9.79 Å². The summed E-state index contributed by atoms with van der Waals surface area (Å²) < 4.78 is 0. The SMILES string of the molecule is NC(=O)C1=CC2c3ccccc3NC2C=N1. The number of rotatable bonds is 1. The van der Waals surface area contributed by atoms with Crippen molar-refractivity contribution in [3.05, 3.63) is 41.6 Å². The Morgan fingerprint density at radius 1 is 1.38 bits per heavy atom. The normalized spacial score (nSPS) is 25.4. The van der Waals surface area contributed by atoms with Crippen molar-refractivity contribution in [3.63, 3.8) is 0 Å². The highest BCUT2D eigenvalue weighted by Gasteiger charge is 2.32. The number of nitrogens with two attached hydrogens (primary N) is 1. The topological polar surface area (TPSA) is 67.5 Å². The Labute approximate surface area is 92.9 Å². The molecule has 2 heterocycles. The summed E-state index contributed by atoms with van der Waals surface area (Å²) in [7, 11) is 0. The fraction of sp³-hybridized carbons (Fsp3) is 0.167. The Bertz CT molecular complexity index is 519. The molecule has 0 bridgehead atoms. The summed E-state index contributed by atoms with van der Waals surface area (Å²) in [5.74, 6) is -0.310.